The van der Waals surface area contributed by atoms with Gasteiger partial charge in [0.2, 0.25) is 5.04 Å². The molecule has 2 aliphatic rings. The molecule has 0 saturated heterocycles. The number of anilines is 1. The van der Waals surface area contributed by atoms with Crippen molar-refractivity contribution in [3.8, 4) is 0 Å². The van der Waals surface area contributed by atoms with Gasteiger partial charge in [0.1, 0.15) is 0 Å². The third kappa shape index (κ3) is 4.49. The summed E-state index contributed by atoms with van der Waals surface area (Å²) in [6.07, 6.45) is 0. The maximum atomic E-state index is 13.1. The van der Waals surface area contributed by atoms with Gasteiger partial charge in [-0.15, -0.1) is 0 Å². The summed E-state index contributed by atoms with van der Waals surface area (Å²) >= 11 is 19.4. The highest BCUT2D eigenvalue weighted by molar-refractivity contribution is 9.10. The number of hydrogen-bond donors (Lipinski definition) is 0. The van der Waals surface area contributed by atoms with Gasteiger partial charge in [-0.3, -0.25) is 0 Å². The second-order valence-corrected chi connectivity index (χ2v) is 13.6. The number of benzene rings is 4. The van der Waals surface area contributed by atoms with E-state index < -0.39 is 14.9 Å². The quantitative estimate of drug-likeness (QED) is 0.201. The van der Waals surface area contributed by atoms with Gasteiger partial charge < -0.3 is 4.74 Å². The van der Waals surface area contributed by atoms with Crippen LogP contribution in [0.25, 0.3) is 0 Å². The lowest BCUT2D eigenvalue weighted by atomic mass is 9.82. The van der Waals surface area contributed by atoms with E-state index >= 15 is 0 Å². The number of hydrazone groups is 1. The van der Waals surface area contributed by atoms with Crippen molar-refractivity contribution in [1.29, 1.82) is 0 Å². The molecule has 0 radical (unpaired) electrons. The van der Waals surface area contributed by atoms with Crippen molar-refractivity contribution in [2.75, 3.05) is 11.6 Å². The predicted octanol–water partition coefficient (Wildman–Crippen LogP) is 9.03. The number of esters is 1. The molecule has 196 valence electrons. The van der Waals surface area contributed by atoms with Gasteiger partial charge in [-0.2, -0.15) is 5.10 Å². The molecule has 4 aromatic rings. The molecule has 2 heterocycles. The van der Waals surface area contributed by atoms with Gasteiger partial charge >= 0.3 is 5.97 Å². The first-order valence-electron chi connectivity index (χ1n) is 12.2. The number of carbonyl (C=O) groups is 1. The zero-order valence-corrected chi connectivity index (χ0v) is 25.3. The molecule has 0 aromatic heterocycles. The molecule has 1 atom stereocenters. The van der Waals surface area contributed by atoms with Gasteiger partial charge in [-0.05, 0) is 72.1 Å². The summed E-state index contributed by atoms with van der Waals surface area (Å²) in [6.45, 7) is 2.07. The average molecular weight is 656 g/mol. The second kappa shape index (κ2) is 10.5. The van der Waals surface area contributed by atoms with Crippen molar-refractivity contribution in [1.82, 2.24) is 0 Å². The number of thioether (sulfide) groups is 2. The van der Waals surface area contributed by atoms with E-state index in [9.17, 15) is 4.79 Å². The summed E-state index contributed by atoms with van der Waals surface area (Å²) in [4.78, 5) is 13.1. The summed E-state index contributed by atoms with van der Waals surface area (Å²) < 4.78 is 4.91. The number of carbonyl (C=O) groups excluding carboxylic acids is 1. The van der Waals surface area contributed by atoms with E-state index in [-0.39, 0.29) is 6.61 Å². The average Bonchev–Trinajstić information content (AvgIpc) is 3.47. The maximum Gasteiger partial charge on any atom is 0.365 e. The molecule has 0 fully saturated rings. The smallest absolute Gasteiger partial charge is 0.365 e. The largest absolute Gasteiger partial charge is 0.461 e. The van der Waals surface area contributed by atoms with Crippen LogP contribution in [0.4, 0.5) is 5.69 Å². The Morgan fingerprint density at radius 1 is 0.872 bits per heavy atom. The minimum absolute atomic E-state index is 0.271. The Balaban J connectivity index is 1.62. The molecule has 1 spiro atoms. The molecular formula is C30H21BrCl2N2O2S2. The van der Waals surface area contributed by atoms with Gasteiger partial charge in [0, 0.05) is 20.1 Å². The third-order valence-corrected chi connectivity index (χ3v) is 11.0. The molecule has 4 aromatic carbocycles. The van der Waals surface area contributed by atoms with Gasteiger partial charge in [-0.1, -0.05) is 111 Å². The minimum atomic E-state index is -0.800. The molecule has 39 heavy (non-hydrogen) atoms. The molecule has 0 amide bonds. The van der Waals surface area contributed by atoms with E-state index in [1.165, 1.54) is 11.8 Å². The zero-order chi connectivity index (χ0) is 27.2. The van der Waals surface area contributed by atoms with Crippen LogP contribution in [0.2, 0.25) is 10.0 Å². The van der Waals surface area contributed by atoms with Crippen LogP contribution in [0.15, 0.2) is 107 Å². The number of hydrogen-bond acceptors (Lipinski definition) is 6. The van der Waals surface area contributed by atoms with E-state index in [2.05, 4.69) is 58.4 Å². The summed E-state index contributed by atoms with van der Waals surface area (Å²) in [6, 6.07) is 32.2. The monoisotopic (exact) mass is 654 g/mol. The van der Waals surface area contributed by atoms with Crippen LogP contribution in [-0.2, 0) is 18.5 Å². The van der Waals surface area contributed by atoms with Gasteiger partial charge in [0.25, 0.3) is 0 Å². The van der Waals surface area contributed by atoms with Crippen molar-refractivity contribution in [2.45, 2.75) is 15.9 Å². The molecular weight excluding hydrogens is 635 g/mol. The van der Waals surface area contributed by atoms with Crippen LogP contribution in [0.3, 0.4) is 0 Å². The van der Waals surface area contributed by atoms with E-state index in [1.807, 2.05) is 59.6 Å². The number of fused-ring (bicyclic) bond motifs is 2. The van der Waals surface area contributed by atoms with E-state index in [0.717, 1.165) is 32.4 Å². The lowest BCUT2D eigenvalue weighted by Gasteiger charge is -2.37. The Morgan fingerprint density at radius 3 is 2.00 bits per heavy atom. The summed E-state index contributed by atoms with van der Waals surface area (Å²) in [5.41, 5.74) is 5.13. The zero-order valence-electron chi connectivity index (χ0n) is 20.6. The lowest BCUT2D eigenvalue weighted by molar-refractivity contribution is -0.134. The lowest BCUT2D eigenvalue weighted by Crippen LogP contribution is -2.34. The first-order valence-corrected chi connectivity index (χ1v) is 15.4. The standard InChI is InChI=1S/C30H21BrCl2N2O2S2/c1-2-37-28(36)27-34-35(24-17-11-21(31)12-18-24)30(38-27)26-6-4-3-5-25(26)29(39-30,19-7-13-22(32)14-8-19)20-9-15-23(33)16-10-20/h3-18H,2H2,1H3/t30-/m0/s1. The fourth-order valence-corrected chi connectivity index (χ4v) is 9.09. The third-order valence-electron chi connectivity index (χ3n) is 6.67. The highest BCUT2D eigenvalue weighted by atomic mass is 79.9. The Morgan fingerprint density at radius 2 is 1.44 bits per heavy atom. The topological polar surface area (TPSA) is 41.9 Å². The first-order chi connectivity index (χ1) is 18.9. The number of rotatable bonds is 5. The molecule has 6 rings (SSSR count). The van der Waals surface area contributed by atoms with E-state index in [0.29, 0.717) is 15.1 Å². The Kier molecular flexibility index (Phi) is 7.23. The molecule has 9 heteroatoms. The number of halogens is 3. The summed E-state index contributed by atoms with van der Waals surface area (Å²) in [7, 11) is 0. The van der Waals surface area contributed by atoms with Crippen LogP contribution in [0, 0.1) is 0 Å². The van der Waals surface area contributed by atoms with Crippen molar-refractivity contribution in [3.05, 3.63) is 134 Å². The van der Waals surface area contributed by atoms with Crippen LogP contribution in [0.1, 0.15) is 29.2 Å². The Hall–Kier alpha value is -2.42. The van der Waals surface area contributed by atoms with Crippen LogP contribution >= 0.6 is 62.7 Å². The molecule has 0 aliphatic carbocycles. The predicted molar refractivity (Wildman–Crippen MR) is 167 cm³/mol. The van der Waals surface area contributed by atoms with Gasteiger partial charge in [-0.25, -0.2) is 9.80 Å². The van der Waals surface area contributed by atoms with Crippen molar-refractivity contribution in [3.63, 3.8) is 0 Å². The van der Waals surface area contributed by atoms with Crippen molar-refractivity contribution < 1.29 is 9.53 Å². The SMILES string of the molecule is CCOC(=O)C1=NN(c2ccc(Br)cc2)[C@@]2(S1)SC(c1ccc(Cl)cc1)(c1ccc(Cl)cc1)c1ccccc12. The Bertz CT molecular complexity index is 1530. The van der Waals surface area contributed by atoms with Crippen molar-refractivity contribution in [2.24, 2.45) is 5.10 Å². The van der Waals surface area contributed by atoms with Crippen LogP contribution < -0.4 is 5.01 Å². The first kappa shape index (κ1) is 26.8. The minimum Gasteiger partial charge on any atom is -0.461 e. The normalized spacial score (nSPS) is 19.2. The van der Waals surface area contributed by atoms with E-state index in [4.69, 9.17) is 33.0 Å². The second-order valence-electron chi connectivity index (χ2n) is 8.94. The Labute approximate surface area is 253 Å². The summed E-state index contributed by atoms with van der Waals surface area (Å²) in [5.74, 6) is -0.435. The van der Waals surface area contributed by atoms with Gasteiger partial charge in [0.15, 0.2) is 4.20 Å². The molecule has 0 bridgehead atoms. The molecule has 0 N–H and O–H groups in total. The fraction of sp³-hybridized carbons (Fsp3) is 0.133. The highest BCUT2D eigenvalue weighted by Gasteiger charge is 2.62. The van der Waals surface area contributed by atoms with Gasteiger partial charge in [0.05, 0.1) is 17.0 Å². The highest BCUT2D eigenvalue weighted by Crippen LogP contribution is 2.71. The fourth-order valence-electron chi connectivity index (χ4n) is 5.02. The molecule has 2 aliphatic heterocycles. The number of nitrogens with zero attached hydrogens (tertiary/aromatic N) is 2. The van der Waals surface area contributed by atoms with Crippen molar-refractivity contribution >= 4 is 79.4 Å². The molecule has 0 unspecified atom stereocenters. The van der Waals surface area contributed by atoms with Crippen LogP contribution in [0.5, 0.6) is 0 Å². The van der Waals surface area contributed by atoms with E-state index in [1.54, 1.807) is 18.7 Å². The summed E-state index contributed by atoms with van der Waals surface area (Å²) in [5, 5.41) is 8.47. The molecule has 0 saturated carbocycles. The maximum absolute atomic E-state index is 13.1. The van der Waals surface area contributed by atoms with Crippen LogP contribution in [-0.4, -0.2) is 17.6 Å². The number of ether oxygens (including phenoxy) is 1. The molecule has 4 nitrogen and oxygen atoms in total.